The van der Waals surface area contributed by atoms with Gasteiger partial charge in [0.25, 0.3) is 11.4 Å². The van der Waals surface area contributed by atoms with Crippen molar-refractivity contribution in [2.75, 3.05) is 0 Å². The van der Waals surface area contributed by atoms with Crippen molar-refractivity contribution in [1.29, 1.82) is 0 Å². The number of rotatable bonds is 8. The van der Waals surface area contributed by atoms with Crippen LogP contribution >= 0.6 is 0 Å². The molecule has 1 saturated carbocycles. The molecule has 8 nitrogen and oxygen atoms in total. The minimum Gasteiger partial charge on any atom is -0.459 e. The monoisotopic (exact) mass is 590 g/mol. The maximum absolute atomic E-state index is 13.0. The topological polar surface area (TPSA) is 113 Å². The number of nitrogens with zero attached hydrogens (tertiary/aromatic N) is 2. The number of non-ortho nitro benzene ring substituents is 2. The highest BCUT2D eigenvalue weighted by Crippen LogP contribution is 2.64. The molecule has 0 radical (unpaired) electrons. The third kappa shape index (κ3) is 5.69. The molecule has 0 aromatic heterocycles. The third-order valence-corrected chi connectivity index (χ3v) is 11.7. The Morgan fingerprint density at radius 2 is 1.63 bits per heavy atom. The van der Waals surface area contributed by atoms with Crippen molar-refractivity contribution in [3.63, 3.8) is 0 Å². The Balaban J connectivity index is 1.29. The fourth-order valence-corrected chi connectivity index (χ4v) is 8.60. The molecule has 1 fully saturated rings. The Labute approximate surface area is 255 Å². The molecule has 0 unspecified atom stereocenters. The van der Waals surface area contributed by atoms with E-state index in [1.807, 2.05) is 0 Å². The largest absolute Gasteiger partial charge is 0.459 e. The molecule has 0 amide bonds. The van der Waals surface area contributed by atoms with Crippen LogP contribution in [-0.4, -0.2) is 21.9 Å². The van der Waals surface area contributed by atoms with E-state index >= 15 is 0 Å². The number of nitro groups is 2. The zero-order valence-corrected chi connectivity index (χ0v) is 26.4. The van der Waals surface area contributed by atoms with E-state index in [9.17, 15) is 25.0 Å². The number of hydrogen-bond donors (Lipinski definition) is 0. The first-order chi connectivity index (χ1) is 20.2. The quantitative estimate of drug-likeness (QED) is 0.129. The van der Waals surface area contributed by atoms with Gasteiger partial charge in [-0.15, -0.1) is 0 Å². The van der Waals surface area contributed by atoms with Gasteiger partial charge in [-0.3, -0.25) is 20.2 Å². The summed E-state index contributed by atoms with van der Waals surface area (Å²) in [5, 5.41) is 22.6. The summed E-state index contributed by atoms with van der Waals surface area (Å²) in [4.78, 5) is 34.1. The summed E-state index contributed by atoms with van der Waals surface area (Å²) < 4.78 is 5.84. The van der Waals surface area contributed by atoms with Crippen LogP contribution in [0.5, 0.6) is 0 Å². The summed E-state index contributed by atoms with van der Waals surface area (Å²) >= 11 is 0. The lowest BCUT2D eigenvalue weighted by atomic mass is 9.51. The van der Waals surface area contributed by atoms with Crippen molar-refractivity contribution in [3.8, 4) is 0 Å². The Kier molecular flexibility index (Phi) is 8.45. The molecule has 7 atom stereocenters. The molecular weight excluding hydrogens is 544 g/mol. The van der Waals surface area contributed by atoms with E-state index in [-0.39, 0.29) is 22.5 Å². The predicted octanol–water partition coefficient (Wildman–Crippen LogP) is 9.16. The summed E-state index contributed by atoms with van der Waals surface area (Å²) in [5.74, 6) is 2.04. The molecule has 0 aliphatic heterocycles. The van der Waals surface area contributed by atoms with Crippen LogP contribution in [0.3, 0.4) is 0 Å². The van der Waals surface area contributed by atoms with Crippen LogP contribution in [0.1, 0.15) is 103 Å². The third-order valence-electron chi connectivity index (χ3n) is 11.7. The first kappa shape index (κ1) is 31.1. The molecule has 0 bridgehead atoms. The molecule has 1 aromatic carbocycles. The van der Waals surface area contributed by atoms with Gasteiger partial charge in [0.1, 0.15) is 6.10 Å². The summed E-state index contributed by atoms with van der Waals surface area (Å²) in [7, 11) is 0. The van der Waals surface area contributed by atoms with Crippen molar-refractivity contribution in [1.82, 2.24) is 0 Å². The van der Waals surface area contributed by atoms with Gasteiger partial charge >= 0.3 is 5.97 Å². The maximum Gasteiger partial charge on any atom is 0.338 e. The van der Waals surface area contributed by atoms with E-state index in [2.05, 4.69) is 59.8 Å². The molecule has 4 aliphatic rings. The molecule has 5 rings (SSSR count). The van der Waals surface area contributed by atoms with Crippen molar-refractivity contribution < 1.29 is 19.4 Å². The van der Waals surface area contributed by atoms with Gasteiger partial charge in [-0.2, -0.15) is 0 Å². The van der Waals surface area contributed by atoms with Crippen molar-refractivity contribution in [3.05, 3.63) is 78.9 Å². The summed E-state index contributed by atoms with van der Waals surface area (Å²) in [6, 6.07) is 2.98. The second kappa shape index (κ2) is 11.7. The number of carbonyl (C=O) groups excluding carboxylic acids is 1. The van der Waals surface area contributed by atoms with Gasteiger partial charge in [0.15, 0.2) is 0 Å². The van der Waals surface area contributed by atoms with E-state index in [0.717, 1.165) is 56.7 Å². The Morgan fingerprint density at radius 1 is 0.953 bits per heavy atom. The van der Waals surface area contributed by atoms with Crippen LogP contribution in [0.15, 0.2) is 53.1 Å². The molecule has 0 heterocycles. The van der Waals surface area contributed by atoms with Gasteiger partial charge in [-0.1, -0.05) is 65.3 Å². The summed E-state index contributed by atoms with van der Waals surface area (Å²) in [6.07, 6.45) is 15.0. The lowest BCUT2D eigenvalue weighted by molar-refractivity contribution is -0.394. The molecule has 8 heteroatoms. The van der Waals surface area contributed by atoms with Gasteiger partial charge in [0.2, 0.25) is 0 Å². The number of fused-ring (bicyclic) bond motifs is 4. The molecule has 4 aliphatic carbocycles. The fourth-order valence-electron chi connectivity index (χ4n) is 8.60. The highest BCUT2D eigenvalue weighted by atomic mass is 16.6. The first-order valence-corrected chi connectivity index (χ1v) is 16.0. The maximum atomic E-state index is 13.0. The van der Waals surface area contributed by atoms with Crippen LogP contribution in [0.2, 0.25) is 0 Å². The minimum atomic E-state index is -0.738. The molecule has 232 valence electrons. The highest BCUT2D eigenvalue weighted by molar-refractivity contribution is 5.91. The second-order valence-corrected chi connectivity index (χ2v) is 14.4. The van der Waals surface area contributed by atoms with Crippen molar-refractivity contribution in [2.45, 2.75) is 99.0 Å². The van der Waals surface area contributed by atoms with Gasteiger partial charge in [-0.25, -0.2) is 4.79 Å². The van der Waals surface area contributed by atoms with E-state index in [4.69, 9.17) is 4.74 Å². The number of nitro benzene ring substituents is 2. The Hall–Kier alpha value is -3.29. The summed E-state index contributed by atoms with van der Waals surface area (Å²) in [6.45, 7) is 14.2. The SMILES string of the molecule is CC(C)[C@@H](C)/C=C/[C@@H](C)[C@@H]1CC=C2C3=C(CC[C@@]21C)[C@]1(C)CC[C@@H](OC(=O)c2cc([N+](=O)[O-])cc([N+](=O)[O-])c2)C[C@@H]1CC3. The van der Waals surface area contributed by atoms with Gasteiger partial charge in [0, 0.05) is 12.1 Å². The van der Waals surface area contributed by atoms with E-state index in [1.54, 1.807) is 16.7 Å². The molecule has 0 saturated heterocycles. The lowest BCUT2D eigenvalue weighted by Gasteiger charge is -2.54. The molecule has 1 aromatic rings. The number of esters is 1. The van der Waals surface area contributed by atoms with Gasteiger partial charge < -0.3 is 4.74 Å². The number of carbonyl (C=O) groups is 1. The molecular formula is C35H46N2O6. The second-order valence-electron chi connectivity index (χ2n) is 14.4. The molecule has 43 heavy (non-hydrogen) atoms. The average Bonchev–Trinajstić information content (AvgIpc) is 3.32. The van der Waals surface area contributed by atoms with Crippen LogP contribution in [0.4, 0.5) is 11.4 Å². The van der Waals surface area contributed by atoms with Crippen molar-refractivity contribution in [2.24, 2.45) is 40.4 Å². The lowest BCUT2D eigenvalue weighted by Crippen LogP contribution is -2.44. The number of hydrogen-bond acceptors (Lipinski definition) is 6. The smallest absolute Gasteiger partial charge is 0.338 e. The number of allylic oxidation sites excluding steroid dienone is 6. The minimum absolute atomic E-state index is 0.0687. The van der Waals surface area contributed by atoms with Crippen LogP contribution in [0, 0.1) is 60.6 Å². The molecule has 0 spiro atoms. The zero-order chi connectivity index (χ0) is 31.3. The van der Waals surface area contributed by atoms with Crippen LogP contribution in [-0.2, 0) is 4.74 Å². The van der Waals surface area contributed by atoms with Gasteiger partial charge in [-0.05, 0) is 103 Å². The predicted molar refractivity (Wildman–Crippen MR) is 166 cm³/mol. The summed E-state index contributed by atoms with van der Waals surface area (Å²) in [5.41, 5.74) is 3.95. The highest BCUT2D eigenvalue weighted by Gasteiger charge is 2.53. The standard InChI is InChI=1S/C35H46N2O6/c1-21(2)22(3)7-8-23(4)30-11-12-31-29-10-9-25-19-28(13-15-34(25,5)32(29)14-16-35(30,31)6)43-33(38)24-17-26(36(39)40)20-27(18-24)37(41)42/h7-8,12,17-18,20-23,25,28,30H,9-11,13-16,19H2,1-6H3/b8-7+/t22-,23+,25-,28+,30-,34+,35+/m0/s1. The van der Waals surface area contributed by atoms with Crippen LogP contribution in [0.25, 0.3) is 0 Å². The normalized spacial score (nSPS) is 31.6. The van der Waals surface area contributed by atoms with Crippen molar-refractivity contribution >= 4 is 17.3 Å². The Bertz CT molecular complexity index is 1380. The zero-order valence-electron chi connectivity index (χ0n) is 26.4. The van der Waals surface area contributed by atoms with E-state index in [0.29, 0.717) is 36.0 Å². The number of ether oxygens (including phenoxy) is 1. The molecule has 0 N–H and O–H groups in total. The van der Waals surface area contributed by atoms with Gasteiger partial charge in [0.05, 0.1) is 21.5 Å². The first-order valence-electron chi connectivity index (χ1n) is 16.0. The van der Waals surface area contributed by atoms with Crippen LogP contribution < -0.4 is 0 Å². The average molecular weight is 591 g/mol. The van der Waals surface area contributed by atoms with E-state index < -0.39 is 27.2 Å². The number of benzene rings is 1. The fraction of sp³-hybridized carbons (Fsp3) is 0.629. The van der Waals surface area contributed by atoms with E-state index in [1.165, 1.54) is 6.42 Å². The Morgan fingerprint density at radius 3 is 2.26 bits per heavy atom.